The molecule has 27 heavy (non-hydrogen) atoms. The van der Waals surface area contributed by atoms with E-state index in [-0.39, 0.29) is 0 Å². The highest BCUT2D eigenvalue weighted by Crippen LogP contribution is 2.61. The predicted molar refractivity (Wildman–Crippen MR) is 105 cm³/mol. The Labute approximate surface area is 162 Å². The number of methoxy groups -OCH3 is 1. The lowest BCUT2D eigenvalue weighted by atomic mass is 9.56. The van der Waals surface area contributed by atoms with Gasteiger partial charge in [0.25, 0.3) is 0 Å². The first-order chi connectivity index (χ1) is 12.8. The number of aryl methyl sites for hydroxylation is 1. The summed E-state index contributed by atoms with van der Waals surface area (Å²) in [5.41, 5.74) is 4.06. The molecule has 0 bridgehead atoms. The zero-order valence-corrected chi connectivity index (χ0v) is 17.2. The molecule has 0 amide bonds. The van der Waals surface area contributed by atoms with Crippen molar-refractivity contribution in [2.45, 2.75) is 64.2 Å². The number of hydrogen-bond donors (Lipinski definition) is 1. The van der Waals surface area contributed by atoms with Gasteiger partial charge < -0.3 is 8.92 Å². The smallest absolute Gasteiger partial charge is 0.380 e. The Morgan fingerprint density at radius 1 is 1.22 bits per heavy atom. The molecular weight excluding hydrogens is 362 g/mol. The van der Waals surface area contributed by atoms with E-state index in [1.165, 1.54) is 49.7 Å². The Morgan fingerprint density at radius 2 is 2.04 bits per heavy atom. The Bertz CT molecular complexity index is 822. The van der Waals surface area contributed by atoms with Crippen LogP contribution in [0.15, 0.2) is 12.1 Å². The lowest BCUT2D eigenvalue weighted by Crippen LogP contribution is -2.39. The van der Waals surface area contributed by atoms with Crippen LogP contribution in [0.1, 0.15) is 68.1 Å². The number of nitrogens with two attached hydrogens (primary N) is 1. The molecule has 0 heterocycles. The Balaban J connectivity index is 1.70. The maximum Gasteiger partial charge on any atom is 0.380 e. The molecule has 2 fully saturated rings. The lowest BCUT2D eigenvalue weighted by molar-refractivity contribution is 0.0598. The van der Waals surface area contributed by atoms with Crippen molar-refractivity contribution in [3.8, 4) is 5.75 Å². The zero-order chi connectivity index (χ0) is 19.2. The van der Waals surface area contributed by atoms with Gasteiger partial charge in [0, 0.05) is 7.11 Å². The topological polar surface area (TPSA) is 78.6 Å². The van der Waals surface area contributed by atoms with E-state index in [0.29, 0.717) is 30.1 Å². The van der Waals surface area contributed by atoms with E-state index in [4.69, 9.17) is 14.1 Å². The summed E-state index contributed by atoms with van der Waals surface area (Å²) in [5.74, 6) is 2.56. The molecule has 6 heteroatoms. The molecule has 4 atom stereocenters. The minimum absolute atomic E-state index is 0.369. The number of ether oxygens (including phenoxy) is 1. The SMILES string of the molecule is COCCc1cc2c(cc1OS(N)(=O)=O)CCC1C2CC[C@]2(C)CCCC12. The highest BCUT2D eigenvalue weighted by Gasteiger charge is 2.50. The van der Waals surface area contributed by atoms with Crippen LogP contribution in [0.5, 0.6) is 5.75 Å². The standard InChI is InChI=1S/C21H31NO4S/c1-21-9-3-4-19(21)17-6-5-14-13-20(26-27(22,23)24)15(8-11-25-2)12-18(14)16(17)7-10-21/h12-13,16-17,19H,3-11H2,1-2H3,(H2,22,23,24)/t16?,17?,19?,21-/m0/s1. The molecule has 3 unspecified atom stereocenters. The molecule has 2 saturated carbocycles. The Hall–Kier alpha value is -1.11. The minimum Gasteiger partial charge on any atom is -0.384 e. The van der Waals surface area contributed by atoms with Crippen molar-refractivity contribution >= 4 is 10.3 Å². The molecule has 0 saturated heterocycles. The average molecular weight is 394 g/mol. The van der Waals surface area contributed by atoms with Crippen LogP contribution in [0.25, 0.3) is 0 Å². The summed E-state index contributed by atoms with van der Waals surface area (Å²) < 4.78 is 33.3. The van der Waals surface area contributed by atoms with E-state index >= 15 is 0 Å². The highest BCUT2D eigenvalue weighted by atomic mass is 32.2. The van der Waals surface area contributed by atoms with E-state index in [9.17, 15) is 8.42 Å². The van der Waals surface area contributed by atoms with Crippen LogP contribution in [-0.4, -0.2) is 22.1 Å². The van der Waals surface area contributed by atoms with Gasteiger partial charge in [-0.15, -0.1) is 0 Å². The maximum atomic E-state index is 11.5. The van der Waals surface area contributed by atoms with Gasteiger partial charge in [0.2, 0.25) is 0 Å². The molecule has 0 aromatic heterocycles. The van der Waals surface area contributed by atoms with Gasteiger partial charge >= 0.3 is 10.3 Å². The summed E-state index contributed by atoms with van der Waals surface area (Å²) in [5, 5.41) is 5.14. The number of rotatable bonds is 5. The molecule has 3 aliphatic carbocycles. The molecule has 150 valence electrons. The van der Waals surface area contributed by atoms with E-state index in [0.717, 1.165) is 23.8 Å². The van der Waals surface area contributed by atoms with Gasteiger partial charge in [-0.2, -0.15) is 13.6 Å². The normalized spacial score (nSPS) is 32.5. The highest BCUT2D eigenvalue weighted by molar-refractivity contribution is 7.84. The third kappa shape index (κ3) is 3.64. The number of hydrogen-bond acceptors (Lipinski definition) is 4. The van der Waals surface area contributed by atoms with Crippen molar-refractivity contribution in [2.24, 2.45) is 22.4 Å². The summed E-state index contributed by atoms with van der Waals surface area (Å²) in [4.78, 5) is 0. The fourth-order valence-electron chi connectivity index (χ4n) is 6.25. The van der Waals surface area contributed by atoms with Crippen LogP contribution >= 0.6 is 0 Å². The van der Waals surface area contributed by atoms with Gasteiger partial charge in [0.1, 0.15) is 5.75 Å². The third-order valence-electron chi connectivity index (χ3n) is 7.47. The maximum absolute atomic E-state index is 11.5. The van der Waals surface area contributed by atoms with Crippen LogP contribution < -0.4 is 9.32 Å². The minimum atomic E-state index is -4.04. The summed E-state index contributed by atoms with van der Waals surface area (Å²) in [6, 6.07) is 4.10. The third-order valence-corrected chi connectivity index (χ3v) is 7.88. The molecule has 5 nitrogen and oxygen atoms in total. The molecule has 0 spiro atoms. The predicted octanol–water partition coefficient (Wildman–Crippen LogP) is 3.70. The summed E-state index contributed by atoms with van der Waals surface area (Å²) >= 11 is 0. The second kappa shape index (κ2) is 7.05. The molecule has 0 aliphatic heterocycles. The van der Waals surface area contributed by atoms with Crippen molar-refractivity contribution in [3.05, 3.63) is 28.8 Å². The van der Waals surface area contributed by atoms with Crippen molar-refractivity contribution in [1.29, 1.82) is 0 Å². The monoisotopic (exact) mass is 393 g/mol. The first kappa shape index (κ1) is 19.2. The number of benzene rings is 1. The Morgan fingerprint density at radius 3 is 2.78 bits per heavy atom. The van der Waals surface area contributed by atoms with Gasteiger partial charge in [0.15, 0.2) is 0 Å². The fourth-order valence-corrected chi connectivity index (χ4v) is 6.65. The first-order valence-corrected chi connectivity index (χ1v) is 11.6. The molecule has 1 aromatic rings. The van der Waals surface area contributed by atoms with Crippen LogP contribution in [0, 0.1) is 17.3 Å². The molecule has 1 aromatic carbocycles. The lowest BCUT2D eigenvalue weighted by Gasteiger charge is -2.49. The van der Waals surface area contributed by atoms with Crippen molar-refractivity contribution < 1.29 is 17.3 Å². The van der Waals surface area contributed by atoms with Crippen LogP contribution in [0.2, 0.25) is 0 Å². The van der Waals surface area contributed by atoms with Crippen molar-refractivity contribution in [1.82, 2.24) is 0 Å². The van der Waals surface area contributed by atoms with Crippen molar-refractivity contribution in [2.75, 3.05) is 13.7 Å². The van der Waals surface area contributed by atoms with E-state index < -0.39 is 10.3 Å². The van der Waals surface area contributed by atoms with Gasteiger partial charge in [-0.25, -0.2) is 0 Å². The van der Waals surface area contributed by atoms with Crippen molar-refractivity contribution in [3.63, 3.8) is 0 Å². The molecule has 2 N–H and O–H groups in total. The summed E-state index contributed by atoms with van der Waals surface area (Å²) in [7, 11) is -2.39. The zero-order valence-electron chi connectivity index (χ0n) is 16.4. The van der Waals surface area contributed by atoms with Crippen LogP contribution in [0.4, 0.5) is 0 Å². The summed E-state index contributed by atoms with van der Waals surface area (Å²) in [6.45, 7) is 3.03. The van der Waals surface area contributed by atoms with Gasteiger partial charge in [-0.1, -0.05) is 19.4 Å². The van der Waals surface area contributed by atoms with E-state index in [2.05, 4.69) is 13.0 Å². The first-order valence-electron chi connectivity index (χ1n) is 10.2. The number of fused-ring (bicyclic) bond motifs is 5. The van der Waals surface area contributed by atoms with Gasteiger partial charge in [-0.3, -0.25) is 0 Å². The van der Waals surface area contributed by atoms with Crippen LogP contribution in [0.3, 0.4) is 0 Å². The molecule has 3 aliphatic rings. The van der Waals surface area contributed by atoms with E-state index in [1.54, 1.807) is 7.11 Å². The second-order valence-electron chi connectivity index (χ2n) is 8.98. The largest absolute Gasteiger partial charge is 0.384 e. The average Bonchev–Trinajstić information content (AvgIpc) is 3.00. The molecule has 0 radical (unpaired) electrons. The van der Waals surface area contributed by atoms with Crippen LogP contribution in [-0.2, 0) is 27.9 Å². The Kier molecular flexibility index (Phi) is 5.02. The summed E-state index contributed by atoms with van der Waals surface area (Å²) in [6.07, 6.45) is 9.48. The molecule has 4 rings (SSSR count). The quantitative estimate of drug-likeness (QED) is 0.827. The van der Waals surface area contributed by atoms with E-state index in [1.807, 2.05) is 6.07 Å². The second-order valence-corrected chi connectivity index (χ2v) is 10.1. The molecular formula is C21H31NO4S. The fraction of sp³-hybridized carbons (Fsp3) is 0.714. The van der Waals surface area contributed by atoms with Gasteiger partial charge in [0.05, 0.1) is 6.61 Å². The van der Waals surface area contributed by atoms with Gasteiger partial charge in [-0.05, 0) is 90.9 Å².